The first-order chi connectivity index (χ1) is 12.1. The Kier molecular flexibility index (Phi) is 5.19. The zero-order chi connectivity index (χ0) is 17.8. The molecule has 0 spiro atoms. The van der Waals surface area contributed by atoms with Crippen molar-refractivity contribution in [3.8, 4) is 0 Å². The molecule has 1 amide bonds. The van der Waals surface area contributed by atoms with Crippen molar-refractivity contribution in [2.45, 2.75) is 6.92 Å². The zero-order valence-corrected chi connectivity index (χ0v) is 14.3. The summed E-state index contributed by atoms with van der Waals surface area (Å²) in [6, 6.07) is 11.1. The lowest BCUT2D eigenvalue weighted by atomic mass is 10.1. The fourth-order valence-corrected chi connectivity index (χ4v) is 3.06. The molecule has 0 aliphatic carbocycles. The van der Waals surface area contributed by atoms with E-state index in [0.717, 1.165) is 38.4 Å². The molecule has 1 aliphatic heterocycles. The highest BCUT2D eigenvalue weighted by atomic mass is 19.1. The van der Waals surface area contributed by atoms with E-state index in [4.69, 9.17) is 5.73 Å². The summed E-state index contributed by atoms with van der Waals surface area (Å²) in [5.41, 5.74) is 8.68. The predicted octanol–water partition coefficient (Wildman–Crippen LogP) is 2.80. The van der Waals surface area contributed by atoms with Crippen LogP contribution in [0.1, 0.15) is 17.3 Å². The van der Waals surface area contributed by atoms with Gasteiger partial charge in [0.2, 0.25) is 0 Å². The number of hydrogen-bond acceptors (Lipinski definition) is 4. The molecule has 2 aromatic carbocycles. The van der Waals surface area contributed by atoms with Crippen molar-refractivity contribution in [3.63, 3.8) is 0 Å². The van der Waals surface area contributed by atoms with E-state index in [0.29, 0.717) is 11.4 Å². The van der Waals surface area contributed by atoms with Gasteiger partial charge in [-0.1, -0.05) is 13.0 Å². The molecule has 6 heteroatoms. The summed E-state index contributed by atoms with van der Waals surface area (Å²) in [6.07, 6.45) is 0. The van der Waals surface area contributed by atoms with E-state index in [9.17, 15) is 9.18 Å². The van der Waals surface area contributed by atoms with Crippen LogP contribution in [0, 0.1) is 5.82 Å². The molecule has 3 rings (SSSR count). The number of carbonyl (C=O) groups is 1. The highest BCUT2D eigenvalue weighted by molar-refractivity contribution is 6.04. The number of anilines is 3. The fourth-order valence-electron chi connectivity index (χ4n) is 3.06. The normalized spacial score (nSPS) is 15.2. The summed E-state index contributed by atoms with van der Waals surface area (Å²) in [4.78, 5) is 16.9. The minimum Gasteiger partial charge on any atom is -0.397 e. The van der Waals surface area contributed by atoms with Crippen molar-refractivity contribution < 1.29 is 9.18 Å². The summed E-state index contributed by atoms with van der Waals surface area (Å²) in [7, 11) is 0. The van der Waals surface area contributed by atoms with Crippen LogP contribution in [0.4, 0.5) is 21.5 Å². The average molecular weight is 342 g/mol. The van der Waals surface area contributed by atoms with Crippen LogP contribution in [0.3, 0.4) is 0 Å². The van der Waals surface area contributed by atoms with Gasteiger partial charge >= 0.3 is 0 Å². The van der Waals surface area contributed by atoms with E-state index in [1.165, 1.54) is 18.2 Å². The second kappa shape index (κ2) is 7.53. The molecule has 1 aliphatic rings. The van der Waals surface area contributed by atoms with Crippen molar-refractivity contribution in [1.29, 1.82) is 0 Å². The van der Waals surface area contributed by atoms with Gasteiger partial charge in [-0.3, -0.25) is 4.79 Å². The van der Waals surface area contributed by atoms with E-state index in [2.05, 4.69) is 22.0 Å². The third-order valence-electron chi connectivity index (χ3n) is 4.53. The number of benzene rings is 2. The number of halogens is 1. The second-order valence-electron chi connectivity index (χ2n) is 6.16. The maximum absolute atomic E-state index is 13.2. The molecule has 3 N–H and O–H groups in total. The third kappa shape index (κ3) is 4.09. The molecule has 0 saturated carbocycles. The van der Waals surface area contributed by atoms with Gasteiger partial charge < -0.3 is 20.9 Å². The number of likely N-dealkylation sites (N-methyl/N-ethyl adjacent to an activating group) is 1. The number of nitrogens with two attached hydrogens (primary N) is 1. The second-order valence-corrected chi connectivity index (χ2v) is 6.16. The molecule has 0 aromatic heterocycles. The first-order valence-corrected chi connectivity index (χ1v) is 8.50. The van der Waals surface area contributed by atoms with Gasteiger partial charge in [0.15, 0.2) is 0 Å². The molecule has 0 bridgehead atoms. The number of nitrogen functional groups attached to an aromatic ring is 1. The van der Waals surface area contributed by atoms with Gasteiger partial charge in [-0.25, -0.2) is 4.39 Å². The number of rotatable bonds is 4. The van der Waals surface area contributed by atoms with E-state index in [-0.39, 0.29) is 11.5 Å². The van der Waals surface area contributed by atoms with Gasteiger partial charge in [-0.05, 0) is 42.9 Å². The van der Waals surface area contributed by atoms with Crippen molar-refractivity contribution in [2.75, 3.05) is 48.7 Å². The number of amides is 1. The first kappa shape index (κ1) is 17.2. The monoisotopic (exact) mass is 342 g/mol. The Morgan fingerprint density at radius 1 is 1.16 bits per heavy atom. The Hall–Kier alpha value is -2.60. The molecule has 1 saturated heterocycles. The Labute approximate surface area is 147 Å². The van der Waals surface area contributed by atoms with Crippen molar-refractivity contribution in [1.82, 2.24) is 4.90 Å². The summed E-state index contributed by atoms with van der Waals surface area (Å²) in [5, 5.41) is 2.76. The first-order valence-electron chi connectivity index (χ1n) is 8.50. The summed E-state index contributed by atoms with van der Waals surface area (Å²) in [6.45, 7) is 7.15. The lowest BCUT2D eigenvalue weighted by molar-refractivity contribution is 0.102. The van der Waals surface area contributed by atoms with E-state index >= 15 is 0 Å². The molecule has 1 heterocycles. The van der Waals surface area contributed by atoms with Crippen LogP contribution in [0.15, 0.2) is 42.5 Å². The maximum atomic E-state index is 13.2. The van der Waals surface area contributed by atoms with Crippen molar-refractivity contribution in [3.05, 3.63) is 53.8 Å². The smallest absolute Gasteiger partial charge is 0.255 e. The zero-order valence-electron chi connectivity index (χ0n) is 14.3. The topological polar surface area (TPSA) is 61.6 Å². The molecule has 0 unspecified atom stereocenters. The van der Waals surface area contributed by atoms with Crippen LogP contribution in [0.2, 0.25) is 0 Å². The van der Waals surface area contributed by atoms with Crippen molar-refractivity contribution >= 4 is 23.0 Å². The van der Waals surface area contributed by atoms with Crippen molar-refractivity contribution in [2.24, 2.45) is 0 Å². The number of nitrogens with zero attached hydrogens (tertiary/aromatic N) is 2. The summed E-state index contributed by atoms with van der Waals surface area (Å²) < 4.78 is 13.2. The molecule has 25 heavy (non-hydrogen) atoms. The Balaban J connectivity index is 1.69. The maximum Gasteiger partial charge on any atom is 0.255 e. The fraction of sp³-hybridized carbons (Fsp3) is 0.316. The number of hydrogen-bond donors (Lipinski definition) is 2. The molecular formula is C19H23FN4O. The molecule has 2 aromatic rings. The Bertz CT molecular complexity index is 757. The molecule has 1 fully saturated rings. The van der Waals surface area contributed by atoms with E-state index < -0.39 is 5.82 Å². The number of piperazine rings is 1. The summed E-state index contributed by atoms with van der Waals surface area (Å²) >= 11 is 0. The lowest BCUT2D eigenvalue weighted by Crippen LogP contribution is -2.46. The molecule has 0 radical (unpaired) electrons. The van der Waals surface area contributed by atoms with Gasteiger partial charge in [0, 0.05) is 37.4 Å². The largest absolute Gasteiger partial charge is 0.397 e. The van der Waals surface area contributed by atoms with Gasteiger partial charge in [0.05, 0.1) is 11.4 Å². The van der Waals surface area contributed by atoms with Gasteiger partial charge in [-0.2, -0.15) is 0 Å². The SMILES string of the molecule is CCN1CCN(c2ccc(NC(=O)c3cccc(F)c3)cc2N)CC1. The van der Waals surface area contributed by atoms with Crippen LogP contribution in [0.5, 0.6) is 0 Å². The standard InChI is InChI=1S/C19H23FN4O/c1-2-23-8-10-24(11-9-23)18-7-6-16(13-17(18)21)22-19(25)14-4-3-5-15(20)12-14/h3-7,12-13H,2,8-11,21H2,1H3,(H,22,25). The van der Waals surface area contributed by atoms with Gasteiger partial charge in [0.1, 0.15) is 5.82 Å². The van der Waals surface area contributed by atoms with Crippen LogP contribution in [0.25, 0.3) is 0 Å². The number of carbonyl (C=O) groups excluding carboxylic acids is 1. The average Bonchev–Trinajstić information content (AvgIpc) is 2.62. The quantitative estimate of drug-likeness (QED) is 0.839. The molecule has 5 nitrogen and oxygen atoms in total. The van der Waals surface area contributed by atoms with Crippen LogP contribution >= 0.6 is 0 Å². The molecular weight excluding hydrogens is 319 g/mol. The Morgan fingerprint density at radius 2 is 1.92 bits per heavy atom. The lowest BCUT2D eigenvalue weighted by Gasteiger charge is -2.36. The van der Waals surface area contributed by atoms with E-state index in [1.54, 1.807) is 12.1 Å². The van der Waals surface area contributed by atoms with Crippen LogP contribution in [-0.2, 0) is 0 Å². The van der Waals surface area contributed by atoms with Crippen LogP contribution < -0.4 is 16.0 Å². The number of nitrogens with one attached hydrogen (secondary N) is 1. The highest BCUT2D eigenvalue weighted by Gasteiger charge is 2.18. The summed E-state index contributed by atoms with van der Waals surface area (Å²) in [5.74, 6) is -0.794. The van der Waals surface area contributed by atoms with Crippen LogP contribution in [-0.4, -0.2) is 43.5 Å². The molecule has 132 valence electrons. The van der Waals surface area contributed by atoms with Gasteiger partial charge in [0.25, 0.3) is 5.91 Å². The van der Waals surface area contributed by atoms with E-state index in [1.807, 2.05) is 12.1 Å². The van der Waals surface area contributed by atoms with Gasteiger partial charge in [-0.15, -0.1) is 0 Å². The highest BCUT2D eigenvalue weighted by Crippen LogP contribution is 2.27. The Morgan fingerprint density at radius 3 is 2.56 bits per heavy atom. The molecule has 0 atom stereocenters. The predicted molar refractivity (Wildman–Crippen MR) is 99.5 cm³/mol. The minimum atomic E-state index is -0.436. The minimum absolute atomic E-state index is 0.276. The third-order valence-corrected chi connectivity index (χ3v) is 4.53.